The van der Waals surface area contributed by atoms with Crippen molar-refractivity contribution in [2.45, 2.75) is 25.7 Å². The SMILES string of the molecule is Oc1cccc(CCc2ccc(O)c(Oc3c(O)cc(CCc4ccc(O)c(O)c4)cc3O)c2)c1. The van der Waals surface area contributed by atoms with Crippen molar-refractivity contribution in [3.8, 4) is 46.0 Å². The standard InChI is InChI=1S/C28H26O7/c29-21-3-1-2-17(12-21)4-5-19-9-11-23(31)27(16-19)35-28-25(33)14-20(15-26(28)34)7-6-18-8-10-22(30)24(32)13-18/h1-3,8-16,29-34H,4-7H2. The Bertz CT molecular complexity index is 1320. The van der Waals surface area contributed by atoms with Crippen LogP contribution < -0.4 is 4.74 Å². The van der Waals surface area contributed by atoms with E-state index in [0.717, 1.165) is 16.7 Å². The Balaban J connectivity index is 1.46. The fourth-order valence-corrected chi connectivity index (χ4v) is 3.82. The minimum Gasteiger partial charge on any atom is -0.508 e. The highest BCUT2D eigenvalue weighted by Crippen LogP contribution is 2.43. The highest BCUT2D eigenvalue weighted by atomic mass is 16.5. The lowest BCUT2D eigenvalue weighted by Crippen LogP contribution is -1.95. The van der Waals surface area contributed by atoms with Crippen LogP contribution in [0, 0.1) is 0 Å². The van der Waals surface area contributed by atoms with Gasteiger partial charge in [-0.1, -0.05) is 24.3 Å². The summed E-state index contributed by atoms with van der Waals surface area (Å²) in [5.41, 5.74) is 3.26. The molecule has 0 aromatic heterocycles. The quantitative estimate of drug-likeness (QED) is 0.192. The molecule has 0 amide bonds. The van der Waals surface area contributed by atoms with E-state index >= 15 is 0 Å². The van der Waals surface area contributed by atoms with Crippen molar-refractivity contribution < 1.29 is 35.4 Å². The summed E-state index contributed by atoms with van der Waals surface area (Å²) < 4.78 is 5.68. The van der Waals surface area contributed by atoms with Crippen LogP contribution in [-0.4, -0.2) is 30.6 Å². The first-order chi connectivity index (χ1) is 16.8. The van der Waals surface area contributed by atoms with E-state index in [0.29, 0.717) is 31.2 Å². The van der Waals surface area contributed by atoms with E-state index in [1.807, 2.05) is 6.07 Å². The van der Waals surface area contributed by atoms with Crippen LogP contribution in [-0.2, 0) is 25.7 Å². The van der Waals surface area contributed by atoms with Gasteiger partial charge >= 0.3 is 0 Å². The van der Waals surface area contributed by atoms with E-state index in [1.165, 1.54) is 30.3 Å². The molecule has 0 bridgehead atoms. The average Bonchev–Trinajstić information content (AvgIpc) is 2.82. The molecule has 0 spiro atoms. The molecule has 0 aliphatic heterocycles. The van der Waals surface area contributed by atoms with Gasteiger partial charge in [0, 0.05) is 0 Å². The van der Waals surface area contributed by atoms with Crippen LogP contribution in [0.5, 0.6) is 46.0 Å². The van der Waals surface area contributed by atoms with Gasteiger partial charge in [-0.05, 0) is 96.5 Å². The van der Waals surface area contributed by atoms with E-state index < -0.39 is 0 Å². The number of phenols is 6. The second-order valence-electron chi connectivity index (χ2n) is 8.36. The van der Waals surface area contributed by atoms with Gasteiger partial charge in [-0.15, -0.1) is 0 Å². The second-order valence-corrected chi connectivity index (χ2v) is 8.36. The summed E-state index contributed by atoms with van der Waals surface area (Å²) in [4.78, 5) is 0. The number of rotatable bonds is 8. The molecule has 35 heavy (non-hydrogen) atoms. The molecule has 0 aliphatic rings. The number of ether oxygens (including phenoxy) is 1. The Morgan fingerprint density at radius 3 is 1.63 bits per heavy atom. The van der Waals surface area contributed by atoms with Gasteiger partial charge in [0.05, 0.1) is 0 Å². The first kappa shape index (κ1) is 23.6. The molecule has 0 saturated heterocycles. The van der Waals surface area contributed by atoms with Crippen LogP contribution in [0.4, 0.5) is 0 Å². The zero-order chi connectivity index (χ0) is 24.9. The average molecular weight is 475 g/mol. The maximum Gasteiger partial charge on any atom is 0.210 e. The largest absolute Gasteiger partial charge is 0.508 e. The molecule has 0 unspecified atom stereocenters. The van der Waals surface area contributed by atoms with Crippen molar-refractivity contribution in [2.24, 2.45) is 0 Å². The summed E-state index contributed by atoms with van der Waals surface area (Å²) in [5, 5.41) is 59.9. The fraction of sp³-hybridized carbons (Fsp3) is 0.143. The summed E-state index contributed by atoms with van der Waals surface area (Å²) in [6.07, 6.45) is 2.27. The monoisotopic (exact) mass is 474 g/mol. The zero-order valence-electron chi connectivity index (χ0n) is 18.8. The van der Waals surface area contributed by atoms with Crippen molar-refractivity contribution in [1.82, 2.24) is 0 Å². The third-order valence-electron chi connectivity index (χ3n) is 5.70. The van der Waals surface area contributed by atoms with Gasteiger partial charge in [-0.2, -0.15) is 0 Å². The third kappa shape index (κ3) is 5.89. The topological polar surface area (TPSA) is 131 Å². The minimum atomic E-state index is -0.280. The molecule has 7 nitrogen and oxygen atoms in total. The first-order valence-corrected chi connectivity index (χ1v) is 11.1. The Morgan fingerprint density at radius 2 is 1.00 bits per heavy atom. The number of aryl methyl sites for hydroxylation is 4. The van der Waals surface area contributed by atoms with E-state index in [2.05, 4.69) is 0 Å². The number of benzene rings is 4. The van der Waals surface area contributed by atoms with Crippen LogP contribution >= 0.6 is 0 Å². The number of aromatic hydroxyl groups is 6. The molecule has 0 atom stereocenters. The molecule has 180 valence electrons. The molecule has 7 heteroatoms. The highest BCUT2D eigenvalue weighted by Gasteiger charge is 2.15. The van der Waals surface area contributed by atoms with Crippen LogP contribution in [0.2, 0.25) is 0 Å². The van der Waals surface area contributed by atoms with Crippen molar-refractivity contribution in [2.75, 3.05) is 0 Å². The summed E-state index contributed by atoms with van der Waals surface area (Å²) in [6, 6.07) is 19.4. The summed E-state index contributed by atoms with van der Waals surface area (Å²) in [5.74, 6) is -0.976. The van der Waals surface area contributed by atoms with Gasteiger partial charge < -0.3 is 35.4 Å². The van der Waals surface area contributed by atoms with Gasteiger partial charge in [0.1, 0.15) is 5.75 Å². The van der Waals surface area contributed by atoms with Crippen molar-refractivity contribution >= 4 is 0 Å². The molecule has 4 rings (SSSR count). The normalized spacial score (nSPS) is 10.9. The van der Waals surface area contributed by atoms with Gasteiger partial charge in [-0.25, -0.2) is 0 Å². The molecule has 0 heterocycles. The molecule has 0 aliphatic carbocycles. The van der Waals surface area contributed by atoms with Crippen molar-refractivity contribution in [3.05, 3.63) is 95.1 Å². The van der Waals surface area contributed by atoms with Crippen LogP contribution in [0.25, 0.3) is 0 Å². The van der Waals surface area contributed by atoms with E-state index in [4.69, 9.17) is 4.74 Å². The smallest absolute Gasteiger partial charge is 0.210 e. The molecule has 4 aromatic rings. The second kappa shape index (κ2) is 10.2. The molecule has 0 saturated carbocycles. The maximum atomic E-state index is 10.5. The fourth-order valence-electron chi connectivity index (χ4n) is 3.82. The van der Waals surface area contributed by atoms with Gasteiger partial charge in [0.15, 0.2) is 34.5 Å². The lowest BCUT2D eigenvalue weighted by Gasteiger charge is -2.14. The molecule has 4 aromatic carbocycles. The minimum absolute atomic E-state index is 0.0938. The Kier molecular flexibility index (Phi) is 6.87. The van der Waals surface area contributed by atoms with Crippen LogP contribution in [0.3, 0.4) is 0 Å². The van der Waals surface area contributed by atoms with Gasteiger partial charge in [-0.3, -0.25) is 0 Å². The van der Waals surface area contributed by atoms with Crippen LogP contribution in [0.15, 0.2) is 72.8 Å². The van der Waals surface area contributed by atoms with Crippen LogP contribution in [0.1, 0.15) is 22.3 Å². The number of hydrogen-bond donors (Lipinski definition) is 6. The lowest BCUT2D eigenvalue weighted by atomic mass is 10.0. The van der Waals surface area contributed by atoms with Crippen molar-refractivity contribution in [3.63, 3.8) is 0 Å². The van der Waals surface area contributed by atoms with Gasteiger partial charge in [0.25, 0.3) is 0 Å². The van der Waals surface area contributed by atoms with E-state index in [9.17, 15) is 30.6 Å². The molecule has 0 radical (unpaired) electrons. The Morgan fingerprint density at radius 1 is 0.457 bits per heavy atom. The highest BCUT2D eigenvalue weighted by molar-refractivity contribution is 5.56. The molecular weight excluding hydrogens is 448 g/mol. The number of phenolic OH excluding ortho intramolecular Hbond substituents is 6. The van der Waals surface area contributed by atoms with E-state index in [1.54, 1.807) is 36.4 Å². The predicted octanol–water partition coefficient (Wildman–Crippen LogP) is 5.28. The Labute approximate surface area is 202 Å². The third-order valence-corrected chi connectivity index (χ3v) is 5.70. The summed E-state index contributed by atoms with van der Waals surface area (Å²) in [7, 11) is 0. The molecular formula is C28H26O7. The lowest BCUT2D eigenvalue weighted by molar-refractivity contribution is 0.359. The van der Waals surface area contributed by atoms with E-state index in [-0.39, 0.29) is 46.0 Å². The molecule has 6 N–H and O–H groups in total. The maximum absolute atomic E-state index is 10.5. The predicted molar refractivity (Wildman–Crippen MR) is 131 cm³/mol. The molecule has 0 fully saturated rings. The summed E-state index contributed by atoms with van der Waals surface area (Å²) >= 11 is 0. The Hall–Kier alpha value is -4.52. The number of hydrogen-bond acceptors (Lipinski definition) is 7. The summed E-state index contributed by atoms with van der Waals surface area (Å²) in [6.45, 7) is 0. The van der Waals surface area contributed by atoms with Crippen molar-refractivity contribution in [1.29, 1.82) is 0 Å². The first-order valence-electron chi connectivity index (χ1n) is 11.1. The zero-order valence-corrected chi connectivity index (χ0v) is 18.8. The van der Waals surface area contributed by atoms with Gasteiger partial charge in [0.2, 0.25) is 5.75 Å².